The Labute approximate surface area is 203 Å². The molecule has 1 amide bonds. The van der Waals surface area contributed by atoms with Crippen LogP contribution in [0, 0.1) is 0 Å². The summed E-state index contributed by atoms with van der Waals surface area (Å²) in [7, 11) is 0. The number of hydrogen-bond donors (Lipinski definition) is 1. The molecule has 170 valence electrons. The maximum Gasteiger partial charge on any atom is 0.220 e. The predicted molar refractivity (Wildman–Crippen MR) is 139 cm³/mol. The molecule has 1 N–H and O–H groups in total. The lowest BCUT2D eigenvalue weighted by molar-refractivity contribution is -0.121. The molecule has 0 aliphatic rings. The zero-order valence-corrected chi connectivity index (χ0v) is 19.7. The van der Waals surface area contributed by atoms with Crippen LogP contribution in [0.4, 0.5) is 0 Å². The van der Waals surface area contributed by atoms with Crippen LogP contribution >= 0.6 is 11.3 Å². The van der Waals surface area contributed by atoms with E-state index in [1.54, 1.807) is 17.5 Å². The number of para-hydroxylation sites is 1. The number of nitrogens with zero attached hydrogens (tertiary/aromatic N) is 2. The lowest BCUT2D eigenvalue weighted by Gasteiger charge is -2.15. The van der Waals surface area contributed by atoms with Crippen LogP contribution in [-0.4, -0.2) is 22.0 Å². The Bertz CT molecular complexity index is 1340. The highest BCUT2D eigenvalue weighted by Gasteiger charge is 2.23. The molecule has 0 radical (unpaired) electrons. The highest BCUT2D eigenvalue weighted by molar-refractivity contribution is 7.10. The van der Waals surface area contributed by atoms with Crippen LogP contribution in [0.5, 0.6) is 0 Å². The summed E-state index contributed by atoms with van der Waals surface area (Å²) in [6.07, 6.45) is 5.17. The SMILES string of the molecule is O=C(CC(c1cccs1)c1cn(Cc2ccccc2)c2ccccc12)NCCc1ccccn1. The fraction of sp³-hybridized carbons (Fsp3) is 0.172. The molecule has 34 heavy (non-hydrogen) atoms. The predicted octanol–water partition coefficient (Wildman–Crippen LogP) is 6.03. The van der Waals surface area contributed by atoms with Gasteiger partial charge in [0, 0.05) is 65.7 Å². The molecular weight excluding hydrogens is 438 g/mol. The van der Waals surface area contributed by atoms with E-state index < -0.39 is 0 Å². The molecule has 1 unspecified atom stereocenters. The van der Waals surface area contributed by atoms with E-state index in [0.29, 0.717) is 13.0 Å². The molecule has 0 fully saturated rings. The summed E-state index contributed by atoms with van der Waals surface area (Å²) in [5.41, 5.74) is 4.64. The Morgan fingerprint density at radius 3 is 2.56 bits per heavy atom. The van der Waals surface area contributed by atoms with Crippen LogP contribution < -0.4 is 5.32 Å². The number of pyridine rings is 1. The van der Waals surface area contributed by atoms with E-state index in [1.165, 1.54) is 26.9 Å². The van der Waals surface area contributed by atoms with Crippen LogP contribution in [0.3, 0.4) is 0 Å². The highest BCUT2D eigenvalue weighted by Crippen LogP contribution is 2.37. The zero-order valence-electron chi connectivity index (χ0n) is 18.9. The molecule has 0 bridgehead atoms. The van der Waals surface area contributed by atoms with Crippen molar-refractivity contribution in [3.8, 4) is 0 Å². The second kappa shape index (κ2) is 10.5. The standard InChI is InChI=1S/C29H27N3OS/c33-29(31-17-15-23-11-6-7-16-30-23)19-25(28-14-8-18-34-28)26-21-32(20-22-9-2-1-3-10-22)27-13-5-4-12-24(26)27/h1-14,16,18,21,25H,15,17,19-20H2,(H,31,33). The Hall–Kier alpha value is -3.70. The second-order valence-electron chi connectivity index (χ2n) is 8.41. The molecular formula is C29H27N3OS. The average molecular weight is 466 g/mol. The smallest absolute Gasteiger partial charge is 0.220 e. The molecule has 3 heterocycles. The zero-order chi connectivity index (χ0) is 23.2. The molecule has 0 saturated heterocycles. The Balaban J connectivity index is 1.40. The van der Waals surface area contributed by atoms with Crippen LogP contribution in [0.1, 0.15) is 34.0 Å². The first-order chi connectivity index (χ1) is 16.8. The number of thiophene rings is 1. The number of fused-ring (bicyclic) bond motifs is 1. The summed E-state index contributed by atoms with van der Waals surface area (Å²) in [5, 5.41) is 6.40. The van der Waals surface area contributed by atoms with Crippen molar-refractivity contribution in [1.29, 1.82) is 0 Å². The molecule has 5 rings (SSSR count). The van der Waals surface area contributed by atoms with E-state index in [2.05, 4.69) is 87.1 Å². The molecule has 1 atom stereocenters. The van der Waals surface area contributed by atoms with Gasteiger partial charge in [0.1, 0.15) is 0 Å². The average Bonchev–Trinajstić information content (AvgIpc) is 3.53. The third kappa shape index (κ3) is 5.10. The molecule has 3 aromatic heterocycles. The van der Waals surface area contributed by atoms with Crippen LogP contribution in [0.2, 0.25) is 0 Å². The molecule has 4 nitrogen and oxygen atoms in total. The number of rotatable bonds is 9. The van der Waals surface area contributed by atoms with Gasteiger partial charge in [-0.3, -0.25) is 9.78 Å². The van der Waals surface area contributed by atoms with Gasteiger partial charge in [0.25, 0.3) is 0 Å². The van der Waals surface area contributed by atoms with Gasteiger partial charge in [0.15, 0.2) is 0 Å². The second-order valence-corrected chi connectivity index (χ2v) is 9.39. The third-order valence-electron chi connectivity index (χ3n) is 6.10. The monoisotopic (exact) mass is 465 g/mol. The third-order valence-corrected chi connectivity index (χ3v) is 7.08. The van der Waals surface area contributed by atoms with Crippen molar-refractivity contribution in [3.05, 3.63) is 124 Å². The minimum atomic E-state index is 0.0109. The van der Waals surface area contributed by atoms with Gasteiger partial charge in [-0.05, 0) is 40.8 Å². The molecule has 0 spiro atoms. The molecule has 5 heteroatoms. The maximum atomic E-state index is 13.0. The molecule has 5 aromatic rings. The van der Waals surface area contributed by atoms with E-state index in [1.807, 2.05) is 24.3 Å². The van der Waals surface area contributed by atoms with E-state index in [9.17, 15) is 4.79 Å². The van der Waals surface area contributed by atoms with Gasteiger partial charge < -0.3 is 9.88 Å². The minimum Gasteiger partial charge on any atom is -0.356 e. The van der Waals surface area contributed by atoms with Gasteiger partial charge in [-0.15, -0.1) is 11.3 Å². The maximum absolute atomic E-state index is 13.0. The largest absolute Gasteiger partial charge is 0.356 e. The van der Waals surface area contributed by atoms with Crippen LogP contribution in [0.25, 0.3) is 10.9 Å². The number of carbonyl (C=O) groups excluding carboxylic acids is 1. The summed E-state index contributed by atoms with van der Waals surface area (Å²) in [6.45, 7) is 1.39. The topological polar surface area (TPSA) is 46.9 Å². The van der Waals surface area contributed by atoms with Crippen LogP contribution in [0.15, 0.2) is 103 Å². The van der Waals surface area contributed by atoms with Crippen molar-refractivity contribution < 1.29 is 4.79 Å². The summed E-state index contributed by atoms with van der Waals surface area (Å²) in [4.78, 5) is 18.6. The summed E-state index contributed by atoms with van der Waals surface area (Å²) in [6, 6.07) is 29.1. The Morgan fingerprint density at radius 1 is 0.941 bits per heavy atom. The summed E-state index contributed by atoms with van der Waals surface area (Å²) in [5.74, 6) is 0.0750. The normalized spacial score (nSPS) is 12.0. The fourth-order valence-corrected chi connectivity index (χ4v) is 5.30. The number of hydrogen-bond acceptors (Lipinski definition) is 3. The van der Waals surface area contributed by atoms with Gasteiger partial charge in [-0.25, -0.2) is 0 Å². The van der Waals surface area contributed by atoms with Gasteiger partial charge in [0.2, 0.25) is 5.91 Å². The number of aromatic nitrogens is 2. The van der Waals surface area contributed by atoms with E-state index in [-0.39, 0.29) is 11.8 Å². The van der Waals surface area contributed by atoms with Crippen molar-refractivity contribution >= 4 is 28.1 Å². The lowest BCUT2D eigenvalue weighted by Crippen LogP contribution is -2.27. The van der Waals surface area contributed by atoms with E-state index in [4.69, 9.17) is 0 Å². The van der Waals surface area contributed by atoms with E-state index in [0.717, 1.165) is 18.7 Å². The molecule has 0 saturated carbocycles. The van der Waals surface area contributed by atoms with Crippen molar-refractivity contribution in [1.82, 2.24) is 14.9 Å². The highest BCUT2D eigenvalue weighted by atomic mass is 32.1. The minimum absolute atomic E-state index is 0.0109. The van der Waals surface area contributed by atoms with Crippen molar-refractivity contribution in [2.24, 2.45) is 0 Å². The molecule has 0 aliphatic heterocycles. The first-order valence-corrected chi connectivity index (χ1v) is 12.5. The molecule has 0 aliphatic carbocycles. The van der Waals surface area contributed by atoms with Gasteiger partial charge in [-0.2, -0.15) is 0 Å². The van der Waals surface area contributed by atoms with Crippen molar-refractivity contribution in [2.75, 3.05) is 6.54 Å². The van der Waals surface area contributed by atoms with E-state index >= 15 is 0 Å². The van der Waals surface area contributed by atoms with Gasteiger partial charge in [0.05, 0.1) is 0 Å². The quantitative estimate of drug-likeness (QED) is 0.289. The number of nitrogens with one attached hydrogen (secondary N) is 1. The number of amides is 1. The Morgan fingerprint density at radius 2 is 1.76 bits per heavy atom. The molecule has 2 aromatic carbocycles. The first kappa shape index (κ1) is 22.1. The van der Waals surface area contributed by atoms with Crippen molar-refractivity contribution in [2.45, 2.75) is 25.3 Å². The van der Waals surface area contributed by atoms with Crippen molar-refractivity contribution in [3.63, 3.8) is 0 Å². The number of benzene rings is 2. The first-order valence-electron chi connectivity index (χ1n) is 11.6. The summed E-state index contributed by atoms with van der Waals surface area (Å²) < 4.78 is 2.31. The fourth-order valence-electron chi connectivity index (χ4n) is 4.45. The van der Waals surface area contributed by atoms with Gasteiger partial charge in [-0.1, -0.05) is 60.7 Å². The Kier molecular flexibility index (Phi) is 6.82. The van der Waals surface area contributed by atoms with Gasteiger partial charge >= 0.3 is 0 Å². The lowest BCUT2D eigenvalue weighted by atomic mass is 9.93. The number of carbonyl (C=O) groups is 1. The van der Waals surface area contributed by atoms with Crippen LogP contribution in [-0.2, 0) is 17.8 Å². The summed E-state index contributed by atoms with van der Waals surface area (Å²) >= 11 is 1.71.